The average Bonchev–Trinajstić information content (AvgIpc) is 2.75. The molecule has 0 aliphatic rings. The van der Waals surface area contributed by atoms with E-state index in [1.807, 2.05) is 18.2 Å². The van der Waals surface area contributed by atoms with Crippen molar-refractivity contribution in [3.63, 3.8) is 0 Å². The van der Waals surface area contributed by atoms with Gasteiger partial charge in [-0.3, -0.25) is 0 Å². The smallest absolute Gasteiger partial charge is 0.341 e. The molecule has 3 nitrogen and oxygen atoms in total. The zero-order valence-corrected chi connectivity index (χ0v) is 18.8. The summed E-state index contributed by atoms with van der Waals surface area (Å²) in [5, 5.41) is 0. The van der Waals surface area contributed by atoms with Gasteiger partial charge < -0.3 is 9.47 Å². The van der Waals surface area contributed by atoms with E-state index in [9.17, 15) is 4.79 Å². The van der Waals surface area contributed by atoms with Gasteiger partial charge in [0.2, 0.25) is 0 Å². The third kappa shape index (κ3) is 10.9. The maximum absolute atomic E-state index is 12.1. The Morgan fingerprint density at radius 2 is 1.52 bits per heavy atom. The predicted octanol–water partition coefficient (Wildman–Crippen LogP) is 7.45. The molecule has 0 amide bonds. The molecule has 0 heterocycles. The largest absolute Gasteiger partial charge is 0.496 e. The quantitative estimate of drug-likeness (QED) is 0.164. The van der Waals surface area contributed by atoms with E-state index in [2.05, 4.69) is 31.2 Å². The lowest BCUT2D eigenvalue weighted by atomic mass is 9.99. The summed E-state index contributed by atoms with van der Waals surface area (Å²) in [5.74, 6) is 0.275. The fourth-order valence-corrected chi connectivity index (χ4v) is 3.42. The number of carbonyl (C=O) groups excluding carboxylic acids is 1. The molecular formula is C26H40O3. The highest BCUT2D eigenvalue weighted by molar-refractivity contribution is 5.94. The second kappa shape index (κ2) is 16.9. The first-order valence-electron chi connectivity index (χ1n) is 11.3. The fourth-order valence-electron chi connectivity index (χ4n) is 3.42. The molecule has 0 N–H and O–H groups in total. The Balaban J connectivity index is 2.15. The first-order valence-corrected chi connectivity index (χ1v) is 11.3. The van der Waals surface area contributed by atoms with Crippen molar-refractivity contribution in [2.75, 3.05) is 14.2 Å². The number of ether oxygens (including phenoxy) is 2. The first kappa shape index (κ1) is 25.0. The van der Waals surface area contributed by atoms with Crippen LogP contribution < -0.4 is 4.74 Å². The molecule has 1 aromatic carbocycles. The Labute approximate surface area is 178 Å². The van der Waals surface area contributed by atoms with E-state index in [0.717, 1.165) is 24.8 Å². The molecule has 0 bridgehead atoms. The number of carbonyl (C=O) groups is 1. The highest BCUT2D eigenvalue weighted by atomic mass is 16.5. The number of unbranched alkanes of at least 4 members (excludes halogenated alkanes) is 8. The summed E-state index contributed by atoms with van der Waals surface area (Å²) in [6.45, 7) is 2.24. The maximum atomic E-state index is 12.1. The number of allylic oxidation sites excluding steroid dienone is 4. The minimum atomic E-state index is -0.319. The van der Waals surface area contributed by atoms with Crippen LogP contribution in [0.25, 0.3) is 0 Å². The number of hydrogen-bond acceptors (Lipinski definition) is 3. The topological polar surface area (TPSA) is 35.5 Å². The maximum Gasteiger partial charge on any atom is 0.341 e. The number of benzene rings is 1. The molecule has 1 aromatic rings. The Kier molecular flexibility index (Phi) is 14.6. The summed E-state index contributed by atoms with van der Waals surface area (Å²) in [7, 11) is 3.00. The lowest BCUT2D eigenvalue weighted by molar-refractivity contribution is 0.0595. The summed E-state index contributed by atoms with van der Waals surface area (Å²) < 4.78 is 10.2. The zero-order valence-electron chi connectivity index (χ0n) is 18.8. The van der Waals surface area contributed by atoms with Crippen LogP contribution in [0.4, 0.5) is 0 Å². The molecule has 29 heavy (non-hydrogen) atoms. The van der Waals surface area contributed by atoms with Crippen LogP contribution in [0, 0.1) is 0 Å². The SMILES string of the molecule is CCCCC/C=C\C/C=C\CCCCCCCc1cccc(OC)c1C(=O)OC. The van der Waals surface area contributed by atoms with Crippen LogP contribution in [0.15, 0.2) is 42.5 Å². The Morgan fingerprint density at radius 3 is 2.17 bits per heavy atom. The van der Waals surface area contributed by atoms with Gasteiger partial charge in [0.05, 0.1) is 14.2 Å². The van der Waals surface area contributed by atoms with Crippen LogP contribution in [0.3, 0.4) is 0 Å². The van der Waals surface area contributed by atoms with Crippen LogP contribution in [-0.2, 0) is 11.2 Å². The van der Waals surface area contributed by atoms with Gasteiger partial charge in [-0.1, -0.05) is 75.5 Å². The lowest BCUT2D eigenvalue weighted by Gasteiger charge is -2.12. The zero-order chi connectivity index (χ0) is 21.2. The van der Waals surface area contributed by atoms with Gasteiger partial charge in [0.15, 0.2) is 0 Å². The second-order valence-corrected chi connectivity index (χ2v) is 7.47. The molecule has 0 aliphatic heterocycles. The van der Waals surface area contributed by atoms with Crippen molar-refractivity contribution in [3.05, 3.63) is 53.6 Å². The number of aryl methyl sites for hydroxylation is 1. The van der Waals surface area contributed by atoms with Gasteiger partial charge in [0, 0.05) is 0 Å². The number of esters is 1. The fraction of sp³-hybridized carbons (Fsp3) is 0.577. The van der Waals surface area contributed by atoms with Crippen LogP contribution in [-0.4, -0.2) is 20.2 Å². The van der Waals surface area contributed by atoms with Gasteiger partial charge in [-0.2, -0.15) is 0 Å². The van der Waals surface area contributed by atoms with Gasteiger partial charge in [-0.05, 0) is 56.6 Å². The Bertz CT molecular complexity index is 616. The van der Waals surface area contributed by atoms with E-state index in [1.165, 1.54) is 64.9 Å². The first-order chi connectivity index (χ1) is 14.2. The van der Waals surface area contributed by atoms with Crippen molar-refractivity contribution >= 4 is 5.97 Å². The predicted molar refractivity (Wildman–Crippen MR) is 123 cm³/mol. The minimum Gasteiger partial charge on any atom is -0.496 e. The third-order valence-corrected chi connectivity index (χ3v) is 5.12. The normalized spacial score (nSPS) is 11.4. The lowest BCUT2D eigenvalue weighted by Crippen LogP contribution is -2.08. The number of hydrogen-bond donors (Lipinski definition) is 0. The molecule has 0 saturated carbocycles. The Morgan fingerprint density at radius 1 is 0.862 bits per heavy atom. The van der Waals surface area contributed by atoms with Crippen LogP contribution >= 0.6 is 0 Å². The van der Waals surface area contributed by atoms with Crippen LogP contribution in [0.1, 0.15) is 93.5 Å². The van der Waals surface area contributed by atoms with Crippen molar-refractivity contribution in [1.29, 1.82) is 0 Å². The van der Waals surface area contributed by atoms with Crippen LogP contribution in [0.2, 0.25) is 0 Å². The van der Waals surface area contributed by atoms with Gasteiger partial charge in [-0.15, -0.1) is 0 Å². The molecule has 0 fully saturated rings. The molecule has 3 heteroatoms. The van der Waals surface area contributed by atoms with Crippen molar-refractivity contribution in [2.24, 2.45) is 0 Å². The van der Waals surface area contributed by atoms with Gasteiger partial charge in [-0.25, -0.2) is 4.79 Å². The van der Waals surface area contributed by atoms with E-state index in [4.69, 9.17) is 9.47 Å². The molecule has 0 aromatic heterocycles. The minimum absolute atomic E-state index is 0.319. The van der Waals surface area contributed by atoms with E-state index in [0.29, 0.717) is 11.3 Å². The molecular weight excluding hydrogens is 360 g/mol. The van der Waals surface area contributed by atoms with Gasteiger partial charge >= 0.3 is 5.97 Å². The molecule has 0 atom stereocenters. The van der Waals surface area contributed by atoms with Crippen molar-refractivity contribution < 1.29 is 14.3 Å². The van der Waals surface area contributed by atoms with Gasteiger partial charge in [0.25, 0.3) is 0 Å². The molecule has 0 aliphatic carbocycles. The highest BCUT2D eigenvalue weighted by Gasteiger charge is 2.17. The molecule has 0 saturated heterocycles. The van der Waals surface area contributed by atoms with E-state index in [1.54, 1.807) is 7.11 Å². The molecule has 0 unspecified atom stereocenters. The third-order valence-electron chi connectivity index (χ3n) is 5.12. The summed E-state index contributed by atoms with van der Waals surface area (Å²) in [4.78, 5) is 12.1. The van der Waals surface area contributed by atoms with Gasteiger partial charge in [0.1, 0.15) is 11.3 Å². The molecule has 162 valence electrons. The van der Waals surface area contributed by atoms with Crippen molar-refractivity contribution in [3.8, 4) is 5.75 Å². The highest BCUT2D eigenvalue weighted by Crippen LogP contribution is 2.25. The molecule has 0 spiro atoms. The van der Waals surface area contributed by atoms with Crippen molar-refractivity contribution in [1.82, 2.24) is 0 Å². The standard InChI is InChI=1S/C26H40O3/c1-4-5-6-7-8-9-10-11-12-13-14-15-16-17-18-20-23-21-19-22-24(28-2)25(23)26(27)29-3/h8-9,11-12,19,21-22H,4-7,10,13-18,20H2,1-3H3/b9-8-,12-11-. The molecule has 0 radical (unpaired) electrons. The van der Waals surface area contributed by atoms with E-state index in [-0.39, 0.29) is 5.97 Å². The number of rotatable bonds is 16. The monoisotopic (exact) mass is 400 g/mol. The summed E-state index contributed by atoms with van der Waals surface area (Å²) in [5.41, 5.74) is 1.59. The second-order valence-electron chi connectivity index (χ2n) is 7.47. The summed E-state index contributed by atoms with van der Waals surface area (Å²) in [6.07, 6.45) is 23.5. The van der Waals surface area contributed by atoms with E-state index >= 15 is 0 Å². The van der Waals surface area contributed by atoms with Crippen molar-refractivity contribution in [2.45, 2.75) is 84.0 Å². The molecule has 1 rings (SSSR count). The summed E-state index contributed by atoms with van der Waals surface area (Å²) in [6, 6.07) is 5.75. The number of methoxy groups -OCH3 is 2. The Hall–Kier alpha value is -2.03. The van der Waals surface area contributed by atoms with E-state index < -0.39 is 0 Å². The summed E-state index contributed by atoms with van der Waals surface area (Å²) >= 11 is 0. The van der Waals surface area contributed by atoms with Crippen LogP contribution in [0.5, 0.6) is 5.75 Å². The average molecular weight is 401 g/mol.